The van der Waals surface area contributed by atoms with E-state index in [1.807, 2.05) is 25.1 Å². The number of rotatable bonds is 3. The molecule has 94 valence electrons. The molecular formula is C15H17BrN2. The SMILES string of the molecule is Cc1nc(Nc2ccccc2C(C)C)ccc1Br. The van der Waals surface area contributed by atoms with Crippen LogP contribution in [-0.4, -0.2) is 4.98 Å². The lowest BCUT2D eigenvalue weighted by Gasteiger charge is -2.14. The summed E-state index contributed by atoms with van der Waals surface area (Å²) in [6.07, 6.45) is 0. The Morgan fingerprint density at radius 3 is 2.50 bits per heavy atom. The van der Waals surface area contributed by atoms with Gasteiger partial charge in [0, 0.05) is 10.2 Å². The zero-order chi connectivity index (χ0) is 13.1. The number of nitrogens with zero attached hydrogens (tertiary/aromatic N) is 1. The molecule has 1 heterocycles. The van der Waals surface area contributed by atoms with Crippen molar-refractivity contribution in [1.82, 2.24) is 4.98 Å². The maximum Gasteiger partial charge on any atom is 0.130 e. The molecule has 1 aromatic heterocycles. The molecule has 0 unspecified atom stereocenters. The van der Waals surface area contributed by atoms with Crippen LogP contribution < -0.4 is 5.32 Å². The van der Waals surface area contributed by atoms with E-state index < -0.39 is 0 Å². The van der Waals surface area contributed by atoms with E-state index in [1.54, 1.807) is 0 Å². The number of pyridine rings is 1. The third-order valence-corrected chi connectivity index (χ3v) is 3.71. The Morgan fingerprint density at radius 1 is 1.11 bits per heavy atom. The first kappa shape index (κ1) is 13.1. The normalized spacial score (nSPS) is 10.7. The molecule has 0 aliphatic carbocycles. The molecule has 2 aromatic rings. The summed E-state index contributed by atoms with van der Waals surface area (Å²) in [5.74, 6) is 1.37. The molecule has 0 spiro atoms. The monoisotopic (exact) mass is 304 g/mol. The first-order valence-corrected chi connectivity index (χ1v) is 6.86. The minimum absolute atomic E-state index is 0.491. The average molecular weight is 305 g/mol. The fourth-order valence-electron chi connectivity index (χ4n) is 1.87. The number of aryl methyl sites for hydroxylation is 1. The number of nitrogens with one attached hydrogen (secondary N) is 1. The van der Waals surface area contributed by atoms with E-state index in [9.17, 15) is 0 Å². The van der Waals surface area contributed by atoms with Gasteiger partial charge in [0.25, 0.3) is 0 Å². The lowest BCUT2D eigenvalue weighted by Crippen LogP contribution is -2.00. The molecule has 0 amide bonds. The minimum atomic E-state index is 0.491. The van der Waals surface area contributed by atoms with Crippen molar-refractivity contribution in [1.29, 1.82) is 0 Å². The van der Waals surface area contributed by atoms with Crippen LogP contribution in [0.5, 0.6) is 0 Å². The summed E-state index contributed by atoms with van der Waals surface area (Å²) in [7, 11) is 0. The van der Waals surface area contributed by atoms with Gasteiger partial charge in [0.15, 0.2) is 0 Å². The predicted octanol–water partition coefficient (Wildman–Crippen LogP) is 5.02. The highest BCUT2D eigenvalue weighted by Gasteiger charge is 2.06. The number of anilines is 2. The smallest absolute Gasteiger partial charge is 0.130 e. The number of hydrogen-bond acceptors (Lipinski definition) is 2. The van der Waals surface area contributed by atoms with Crippen LogP contribution in [0.3, 0.4) is 0 Å². The molecular weight excluding hydrogens is 288 g/mol. The predicted molar refractivity (Wildman–Crippen MR) is 80.5 cm³/mol. The van der Waals surface area contributed by atoms with Crippen molar-refractivity contribution in [3.05, 3.63) is 52.1 Å². The molecule has 1 aromatic carbocycles. The van der Waals surface area contributed by atoms with Gasteiger partial charge >= 0.3 is 0 Å². The van der Waals surface area contributed by atoms with Crippen LogP contribution in [0.1, 0.15) is 31.0 Å². The molecule has 2 nitrogen and oxygen atoms in total. The van der Waals surface area contributed by atoms with Gasteiger partial charge in [-0.3, -0.25) is 0 Å². The van der Waals surface area contributed by atoms with E-state index >= 15 is 0 Å². The van der Waals surface area contributed by atoms with Gasteiger partial charge in [0.2, 0.25) is 0 Å². The highest BCUT2D eigenvalue weighted by Crippen LogP contribution is 2.27. The second-order valence-electron chi connectivity index (χ2n) is 4.63. The minimum Gasteiger partial charge on any atom is -0.340 e. The number of para-hydroxylation sites is 1. The molecule has 0 atom stereocenters. The summed E-state index contributed by atoms with van der Waals surface area (Å²) in [5, 5.41) is 3.39. The fourth-order valence-corrected chi connectivity index (χ4v) is 2.09. The summed E-state index contributed by atoms with van der Waals surface area (Å²) < 4.78 is 1.03. The first-order valence-electron chi connectivity index (χ1n) is 6.07. The second-order valence-corrected chi connectivity index (χ2v) is 5.49. The maximum absolute atomic E-state index is 4.51. The van der Waals surface area contributed by atoms with Gasteiger partial charge in [0.1, 0.15) is 5.82 Å². The van der Waals surface area contributed by atoms with Crippen LogP contribution >= 0.6 is 15.9 Å². The molecule has 0 saturated heterocycles. The Balaban J connectivity index is 2.31. The Kier molecular flexibility index (Phi) is 4.02. The van der Waals surface area contributed by atoms with Gasteiger partial charge < -0.3 is 5.32 Å². The molecule has 18 heavy (non-hydrogen) atoms. The third kappa shape index (κ3) is 2.91. The second kappa shape index (κ2) is 5.53. The van der Waals surface area contributed by atoms with E-state index in [0.717, 1.165) is 21.7 Å². The molecule has 0 aliphatic heterocycles. The Labute approximate surface area is 117 Å². The van der Waals surface area contributed by atoms with Gasteiger partial charge in [0.05, 0.1) is 5.69 Å². The van der Waals surface area contributed by atoms with Crippen molar-refractivity contribution in [2.45, 2.75) is 26.7 Å². The molecule has 0 saturated carbocycles. The number of benzene rings is 1. The Morgan fingerprint density at radius 2 is 1.83 bits per heavy atom. The summed E-state index contributed by atoms with van der Waals surface area (Å²) in [4.78, 5) is 4.51. The average Bonchev–Trinajstić information content (AvgIpc) is 2.34. The standard InChI is InChI=1S/C15H17BrN2/c1-10(2)12-6-4-5-7-14(12)18-15-9-8-13(16)11(3)17-15/h4-10H,1-3H3,(H,17,18). The van der Waals surface area contributed by atoms with E-state index in [2.05, 4.69) is 58.3 Å². The Bertz CT molecular complexity index is 550. The van der Waals surface area contributed by atoms with E-state index in [0.29, 0.717) is 5.92 Å². The van der Waals surface area contributed by atoms with Crippen LogP contribution in [0.4, 0.5) is 11.5 Å². The third-order valence-electron chi connectivity index (χ3n) is 2.87. The largest absolute Gasteiger partial charge is 0.340 e. The molecule has 1 N–H and O–H groups in total. The van der Waals surface area contributed by atoms with Crippen LogP contribution in [0.2, 0.25) is 0 Å². The van der Waals surface area contributed by atoms with E-state index in [4.69, 9.17) is 0 Å². The number of halogens is 1. The topological polar surface area (TPSA) is 24.9 Å². The van der Waals surface area contributed by atoms with Crippen LogP contribution in [0.25, 0.3) is 0 Å². The Hall–Kier alpha value is -1.35. The quantitative estimate of drug-likeness (QED) is 0.861. The maximum atomic E-state index is 4.51. The lowest BCUT2D eigenvalue weighted by atomic mass is 10.0. The highest BCUT2D eigenvalue weighted by molar-refractivity contribution is 9.10. The van der Waals surface area contributed by atoms with Crippen LogP contribution in [0.15, 0.2) is 40.9 Å². The molecule has 0 bridgehead atoms. The lowest BCUT2D eigenvalue weighted by molar-refractivity contribution is 0.869. The molecule has 2 rings (SSSR count). The van der Waals surface area contributed by atoms with Crippen molar-refractivity contribution >= 4 is 27.4 Å². The van der Waals surface area contributed by atoms with Crippen molar-refractivity contribution < 1.29 is 0 Å². The zero-order valence-electron chi connectivity index (χ0n) is 10.9. The van der Waals surface area contributed by atoms with Crippen molar-refractivity contribution in [3.8, 4) is 0 Å². The van der Waals surface area contributed by atoms with Gasteiger partial charge in [-0.05, 0) is 52.5 Å². The van der Waals surface area contributed by atoms with Gasteiger partial charge in [-0.15, -0.1) is 0 Å². The van der Waals surface area contributed by atoms with E-state index in [-0.39, 0.29) is 0 Å². The van der Waals surface area contributed by atoms with Crippen LogP contribution in [-0.2, 0) is 0 Å². The summed E-state index contributed by atoms with van der Waals surface area (Å²) in [5.41, 5.74) is 3.42. The molecule has 0 radical (unpaired) electrons. The summed E-state index contributed by atoms with van der Waals surface area (Å²) in [6.45, 7) is 6.38. The van der Waals surface area contributed by atoms with Crippen LogP contribution in [0, 0.1) is 6.92 Å². The number of hydrogen-bond donors (Lipinski definition) is 1. The zero-order valence-corrected chi connectivity index (χ0v) is 12.5. The van der Waals surface area contributed by atoms with E-state index in [1.165, 1.54) is 5.56 Å². The summed E-state index contributed by atoms with van der Waals surface area (Å²) >= 11 is 3.46. The van der Waals surface area contributed by atoms with Gasteiger partial charge in [-0.1, -0.05) is 32.0 Å². The first-order chi connectivity index (χ1) is 8.58. The van der Waals surface area contributed by atoms with Crippen molar-refractivity contribution in [3.63, 3.8) is 0 Å². The van der Waals surface area contributed by atoms with Crippen molar-refractivity contribution in [2.75, 3.05) is 5.32 Å². The van der Waals surface area contributed by atoms with Crippen molar-refractivity contribution in [2.24, 2.45) is 0 Å². The van der Waals surface area contributed by atoms with Gasteiger partial charge in [-0.25, -0.2) is 4.98 Å². The number of aromatic nitrogens is 1. The molecule has 0 aliphatic rings. The fraction of sp³-hybridized carbons (Fsp3) is 0.267. The van der Waals surface area contributed by atoms with Gasteiger partial charge in [-0.2, -0.15) is 0 Å². The summed E-state index contributed by atoms with van der Waals surface area (Å²) in [6, 6.07) is 12.4. The molecule has 0 fully saturated rings. The highest BCUT2D eigenvalue weighted by atomic mass is 79.9. The molecule has 3 heteroatoms.